The lowest BCUT2D eigenvalue weighted by Gasteiger charge is -2.27. The summed E-state index contributed by atoms with van der Waals surface area (Å²) in [6, 6.07) is 11.4. The van der Waals surface area contributed by atoms with Gasteiger partial charge in [0.2, 0.25) is 5.91 Å². The summed E-state index contributed by atoms with van der Waals surface area (Å²) in [6.45, 7) is 4.82. The Morgan fingerprint density at radius 1 is 1.09 bits per heavy atom. The molecule has 0 aliphatic rings. The third kappa shape index (κ3) is 8.27. The number of rotatable bonds is 8. The number of primary amides is 1. The van der Waals surface area contributed by atoms with Gasteiger partial charge in [0.25, 0.3) is 5.91 Å². The van der Waals surface area contributed by atoms with E-state index in [0.29, 0.717) is 29.6 Å². The zero-order valence-corrected chi connectivity index (χ0v) is 21.3. The third-order valence-corrected chi connectivity index (χ3v) is 4.99. The van der Waals surface area contributed by atoms with Crippen LogP contribution in [0.15, 0.2) is 47.5 Å². The Balaban J connectivity index is 0.00000512. The lowest BCUT2D eigenvalue weighted by atomic mass is 9.84. The molecule has 0 bridgehead atoms. The highest BCUT2D eigenvalue weighted by molar-refractivity contribution is 14.0. The normalized spacial score (nSPS) is 11.3. The number of aliphatic imine (C=N–C) groups is 1. The number of guanidine groups is 1. The van der Waals surface area contributed by atoms with Crippen molar-refractivity contribution in [3.05, 3.63) is 70.0 Å². The molecular formula is C22H28ClFIN5O2. The van der Waals surface area contributed by atoms with Gasteiger partial charge in [-0.25, -0.2) is 4.39 Å². The number of hydrogen-bond donors (Lipinski definition) is 4. The highest BCUT2D eigenvalue weighted by Gasteiger charge is 2.24. The van der Waals surface area contributed by atoms with Crippen LogP contribution in [0.2, 0.25) is 5.02 Å². The van der Waals surface area contributed by atoms with Gasteiger partial charge in [0.1, 0.15) is 5.82 Å². The number of benzene rings is 2. The van der Waals surface area contributed by atoms with E-state index in [1.807, 2.05) is 26.0 Å². The van der Waals surface area contributed by atoms with Crippen molar-refractivity contribution in [1.29, 1.82) is 0 Å². The first kappa shape index (κ1) is 27.6. The predicted molar refractivity (Wildman–Crippen MR) is 136 cm³/mol. The number of carbonyl (C=O) groups is 2. The molecular weight excluding hydrogens is 548 g/mol. The molecule has 0 aromatic heterocycles. The van der Waals surface area contributed by atoms with Crippen molar-refractivity contribution in [2.24, 2.45) is 10.7 Å². The van der Waals surface area contributed by atoms with Gasteiger partial charge in [-0.3, -0.25) is 14.6 Å². The highest BCUT2D eigenvalue weighted by Crippen LogP contribution is 2.29. The van der Waals surface area contributed by atoms with E-state index in [9.17, 15) is 14.0 Å². The second-order valence-electron chi connectivity index (χ2n) is 7.63. The van der Waals surface area contributed by atoms with Crippen molar-refractivity contribution < 1.29 is 14.0 Å². The molecule has 0 saturated carbocycles. The van der Waals surface area contributed by atoms with Gasteiger partial charge < -0.3 is 21.7 Å². The van der Waals surface area contributed by atoms with E-state index in [-0.39, 0.29) is 47.7 Å². The number of hydrogen-bond acceptors (Lipinski definition) is 3. The molecule has 0 atom stereocenters. The van der Waals surface area contributed by atoms with Crippen LogP contribution in [0.5, 0.6) is 0 Å². The molecule has 10 heteroatoms. The quantitative estimate of drug-likeness (QED) is 0.221. The Kier molecular flexibility index (Phi) is 10.9. The van der Waals surface area contributed by atoms with Crippen LogP contribution in [0.1, 0.15) is 35.3 Å². The van der Waals surface area contributed by atoms with Gasteiger partial charge in [-0.15, -0.1) is 24.0 Å². The molecule has 2 aromatic rings. The van der Waals surface area contributed by atoms with E-state index in [1.54, 1.807) is 25.2 Å². The molecule has 0 spiro atoms. The van der Waals surface area contributed by atoms with Crippen molar-refractivity contribution in [3.63, 3.8) is 0 Å². The highest BCUT2D eigenvalue weighted by atomic mass is 127. The lowest BCUT2D eigenvalue weighted by molar-refractivity contribution is -0.117. The molecule has 174 valence electrons. The van der Waals surface area contributed by atoms with Crippen LogP contribution in [0.25, 0.3) is 0 Å². The van der Waals surface area contributed by atoms with Crippen molar-refractivity contribution in [1.82, 2.24) is 16.0 Å². The average molecular weight is 576 g/mol. The maximum absolute atomic E-state index is 13.3. The van der Waals surface area contributed by atoms with Crippen LogP contribution in [0.3, 0.4) is 0 Å². The molecule has 0 aliphatic carbocycles. The molecule has 0 radical (unpaired) electrons. The van der Waals surface area contributed by atoms with E-state index in [0.717, 1.165) is 11.1 Å². The minimum Gasteiger partial charge on any atom is -0.368 e. The Morgan fingerprint density at radius 3 is 2.31 bits per heavy atom. The van der Waals surface area contributed by atoms with E-state index < -0.39 is 5.91 Å². The molecule has 0 aliphatic heterocycles. The van der Waals surface area contributed by atoms with Crippen LogP contribution in [0, 0.1) is 5.82 Å². The fourth-order valence-electron chi connectivity index (χ4n) is 2.89. The first-order chi connectivity index (χ1) is 14.6. The van der Waals surface area contributed by atoms with Gasteiger partial charge in [-0.2, -0.15) is 0 Å². The lowest BCUT2D eigenvalue weighted by Crippen LogP contribution is -2.43. The summed E-state index contributed by atoms with van der Waals surface area (Å²) in [5, 5.41) is 9.29. The number of halogens is 3. The average Bonchev–Trinajstić information content (AvgIpc) is 2.72. The smallest absolute Gasteiger partial charge is 0.251 e. The van der Waals surface area contributed by atoms with Crippen molar-refractivity contribution >= 4 is 53.4 Å². The summed E-state index contributed by atoms with van der Waals surface area (Å²) in [6.07, 6.45) is 0. The molecule has 5 N–H and O–H groups in total. The Bertz CT molecular complexity index is 967. The van der Waals surface area contributed by atoms with Crippen molar-refractivity contribution in [3.8, 4) is 0 Å². The van der Waals surface area contributed by atoms with Gasteiger partial charge in [-0.05, 0) is 35.4 Å². The second kappa shape index (κ2) is 12.6. The first-order valence-corrected chi connectivity index (χ1v) is 10.1. The van der Waals surface area contributed by atoms with Crippen LogP contribution >= 0.6 is 35.6 Å². The second-order valence-corrected chi connectivity index (χ2v) is 8.04. The van der Waals surface area contributed by atoms with Crippen LogP contribution in [-0.4, -0.2) is 37.9 Å². The Labute approximate surface area is 209 Å². The summed E-state index contributed by atoms with van der Waals surface area (Å²) in [4.78, 5) is 26.9. The number of amides is 2. The molecule has 0 unspecified atom stereocenters. The van der Waals surface area contributed by atoms with Crippen molar-refractivity contribution in [2.45, 2.75) is 25.8 Å². The van der Waals surface area contributed by atoms with E-state index in [1.165, 1.54) is 12.1 Å². The number of nitrogens with one attached hydrogen (secondary N) is 3. The van der Waals surface area contributed by atoms with Crippen LogP contribution < -0.4 is 21.7 Å². The number of nitrogens with zero attached hydrogens (tertiary/aromatic N) is 1. The molecule has 2 amide bonds. The van der Waals surface area contributed by atoms with Crippen molar-refractivity contribution in [2.75, 3.05) is 20.1 Å². The van der Waals surface area contributed by atoms with Crippen LogP contribution in [0.4, 0.5) is 4.39 Å². The minimum absolute atomic E-state index is 0. The number of nitrogens with two attached hydrogens (primary N) is 1. The maximum atomic E-state index is 13.3. The molecule has 2 aromatic carbocycles. The summed E-state index contributed by atoms with van der Waals surface area (Å²) in [5.41, 5.74) is 6.87. The zero-order valence-electron chi connectivity index (χ0n) is 18.2. The molecule has 7 nitrogen and oxygen atoms in total. The Hall–Kier alpha value is -2.40. The third-order valence-electron chi connectivity index (χ3n) is 4.68. The van der Waals surface area contributed by atoms with Gasteiger partial charge in [0.05, 0.1) is 6.54 Å². The molecule has 2 rings (SSSR count). The molecule has 0 saturated heterocycles. The largest absolute Gasteiger partial charge is 0.368 e. The molecule has 0 fully saturated rings. The van der Waals surface area contributed by atoms with Gasteiger partial charge in [0.15, 0.2) is 5.96 Å². The predicted octanol–water partition coefficient (Wildman–Crippen LogP) is 2.96. The SMILES string of the molecule is CN=C(NCc1ccc(C(=O)NCC(N)=O)cc1)NCC(C)(C)c1ccc(F)cc1Cl.I. The van der Waals surface area contributed by atoms with E-state index >= 15 is 0 Å². The summed E-state index contributed by atoms with van der Waals surface area (Å²) < 4.78 is 13.3. The monoisotopic (exact) mass is 575 g/mol. The maximum Gasteiger partial charge on any atom is 0.251 e. The zero-order chi connectivity index (χ0) is 23.0. The fourth-order valence-corrected chi connectivity index (χ4v) is 3.31. The topological polar surface area (TPSA) is 109 Å². The molecule has 0 heterocycles. The minimum atomic E-state index is -0.599. The number of carbonyl (C=O) groups excluding carboxylic acids is 2. The van der Waals surface area contributed by atoms with E-state index in [4.69, 9.17) is 17.3 Å². The fraction of sp³-hybridized carbons (Fsp3) is 0.318. The standard InChI is InChI=1S/C22H27ClFN5O2.HI/c1-22(2,17-9-8-16(24)10-18(17)23)13-29-21(26-3)28-11-14-4-6-15(7-5-14)20(31)27-12-19(25)30;/h4-10H,11-13H2,1-3H3,(H2,25,30)(H,27,31)(H2,26,28,29);1H. The summed E-state index contributed by atoms with van der Waals surface area (Å²) in [7, 11) is 1.67. The van der Waals surface area contributed by atoms with Gasteiger partial charge >= 0.3 is 0 Å². The van der Waals surface area contributed by atoms with Gasteiger partial charge in [-0.1, -0.05) is 43.6 Å². The first-order valence-electron chi connectivity index (χ1n) is 9.68. The summed E-state index contributed by atoms with van der Waals surface area (Å²) >= 11 is 6.21. The van der Waals surface area contributed by atoms with Gasteiger partial charge in [0, 0.05) is 36.1 Å². The molecule has 32 heavy (non-hydrogen) atoms. The summed E-state index contributed by atoms with van der Waals surface area (Å²) in [5.74, 6) is -0.739. The Morgan fingerprint density at radius 2 is 1.75 bits per heavy atom. The van der Waals surface area contributed by atoms with Crippen LogP contribution in [-0.2, 0) is 16.8 Å². The van der Waals surface area contributed by atoms with E-state index in [2.05, 4.69) is 20.9 Å².